The molecular formula is C17H26N2O. The first kappa shape index (κ1) is 14.9. The molecule has 0 fully saturated rings. The van der Waals surface area contributed by atoms with Gasteiger partial charge in [0.05, 0.1) is 5.92 Å². The smallest absolute Gasteiger partial charge is 0.230 e. The Morgan fingerprint density at radius 2 is 2.10 bits per heavy atom. The van der Waals surface area contributed by atoms with E-state index in [9.17, 15) is 4.79 Å². The molecule has 0 saturated heterocycles. The molecule has 3 heteroatoms. The number of nitrogens with one attached hydrogen (secondary N) is 1. The van der Waals surface area contributed by atoms with Crippen LogP contribution in [0.15, 0.2) is 24.3 Å². The summed E-state index contributed by atoms with van der Waals surface area (Å²) in [7, 11) is 0. The van der Waals surface area contributed by atoms with Crippen LogP contribution in [0, 0.1) is 0 Å². The molecule has 0 spiro atoms. The second-order valence-corrected chi connectivity index (χ2v) is 5.69. The van der Waals surface area contributed by atoms with Gasteiger partial charge in [-0.3, -0.25) is 4.79 Å². The van der Waals surface area contributed by atoms with E-state index in [0.717, 1.165) is 43.6 Å². The fourth-order valence-electron chi connectivity index (χ4n) is 2.96. The zero-order valence-corrected chi connectivity index (χ0v) is 12.9. The lowest BCUT2D eigenvalue weighted by Crippen LogP contribution is -2.39. The van der Waals surface area contributed by atoms with E-state index >= 15 is 0 Å². The lowest BCUT2D eigenvalue weighted by Gasteiger charge is -2.34. The number of amides is 1. The summed E-state index contributed by atoms with van der Waals surface area (Å²) >= 11 is 0. The number of hydrogen-bond acceptors (Lipinski definition) is 2. The lowest BCUT2D eigenvalue weighted by molar-refractivity contribution is -0.133. The largest absolute Gasteiger partial charge is 0.382 e. The predicted molar refractivity (Wildman–Crippen MR) is 84.0 cm³/mol. The Morgan fingerprint density at radius 3 is 2.80 bits per heavy atom. The van der Waals surface area contributed by atoms with Crippen molar-refractivity contribution in [2.75, 3.05) is 18.4 Å². The number of unbranched alkanes of at least 4 members (excludes halogenated alkanes) is 1. The highest BCUT2D eigenvalue weighted by molar-refractivity contribution is 5.86. The Balaban J connectivity index is 2.20. The molecule has 0 radical (unpaired) electrons. The highest BCUT2D eigenvalue weighted by atomic mass is 16.2. The minimum Gasteiger partial charge on any atom is -0.382 e. The number of hydrogen-bond donors (Lipinski definition) is 1. The molecule has 1 amide bonds. The van der Waals surface area contributed by atoms with Crippen molar-refractivity contribution >= 4 is 11.6 Å². The second-order valence-electron chi connectivity index (χ2n) is 5.69. The number of benzene rings is 1. The van der Waals surface area contributed by atoms with E-state index in [0.29, 0.717) is 11.9 Å². The number of rotatable bonds is 5. The number of fused-ring (bicyclic) bond motifs is 1. The number of carbonyl (C=O) groups excluding carboxylic acids is 1. The standard InChI is InChI=1S/C17H26N2O/c1-4-6-11-19(5-2)17(20)15-12-13(3)18-16-10-8-7-9-14(15)16/h7-10,13,15,18H,4-6,11-12H2,1-3H3. The maximum atomic E-state index is 12.8. The molecule has 0 bridgehead atoms. The van der Waals surface area contributed by atoms with Gasteiger partial charge in [0.2, 0.25) is 5.91 Å². The fraction of sp³-hybridized carbons (Fsp3) is 0.588. The number of para-hydroxylation sites is 1. The molecule has 1 aromatic rings. The molecule has 0 aliphatic carbocycles. The molecule has 2 unspecified atom stereocenters. The second kappa shape index (κ2) is 6.78. The van der Waals surface area contributed by atoms with E-state index in [4.69, 9.17) is 0 Å². The van der Waals surface area contributed by atoms with Crippen LogP contribution < -0.4 is 5.32 Å². The van der Waals surface area contributed by atoms with E-state index in [1.54, 1.807) is 0 Å². The van der Waals surface area contributed by atoms with Crippen LogP contribution in [0.3, 0.4) is 0 Å². The minimum atomic E-state index is 0.0132. The Kier molecular flexibility index (Phi) is 5.05. The quantitative estimate of drug-likeness (QED) is 0.889. The first-order chi connectivity index (χ1) is 9.67. The molecule has 0 aromatic heterocycles. The van der Waals surface area contributed by atoms with Crippen LogP contribution in [0.5, 0.6) is 0 Å². The van der Waals surface area contributed by atoms with Crippen LogP contribution in [0.2, 0.25) is 0 Å². The van der Waals surface area contributed by atoms with Gasteiger partial charge < -0.3 is 10.2 Å². The van der Waals surface area contributed by atoms with Crippen molar-refractivity contribution in [1.82, 2.24) is 4.90 Å². The number of nitrogens with zero attached hydrogens (tertiary/aromatic N) is 1. The minimum absolute atomic E-state index is 0.0132. The van der Waals surface area contributed by atoms with Crippen LogP contribution in [0.4, 0.5) is 5.69 Å². The highest BCUT2D eigenvalue weighted by Gasteiger charge is 2.31. The van der Waals surface area contributed by atoms with Gasteiger partial charge in [0.15, 0.2) is 0 Å². The third kappa shape index (κ3) is 3.14. The molecule has 2 rings (SSSR count). The molecule has 1 N–H and O–H groups in total. The summed E-state index contributed by atoms with van der Waals surface area (Å²) in [4.78, 5) is 14.9. The Hall–Kier alpha value is -1.51. The fourth-order valence-corrected chi connectivity index (χ4v) is 2.96. The maximum Gasteiger partial charge on any atom is 0.230 e. The normalized spacial score (nSPS) is 20.9. The van der Waals surface area contributed by atoms with E-state index < -0.39 is 0 Å². The topological polar surface area (TPSA) is 32.3 Å². The molecule has 20 heavy (non-hydrogen) atoms. The van der Waals surface area contributed by atoms with Gasteiger partial charge >= 0.3 is 0 Å². The van der Waals surface area contributed by atoms with Gasteiger partial charge in [-0.2, -0.15) is 0 Å². The van der Waals surface area contributed by atoms with E-state index in [2.05, 4.69) is 38.2 Å². The predicted octanol–water partition coefficient (Wildman–Crippen LogP) is 3.62. The van der Waals surface area contributed by atoms with Crippen LogP contribution in [0.25, 0.3) is 0 Å². The molecule has 3 nitrogen and oxygen atoms in total. The third-order valence-electron chi connectivity index (χ3n) is 4.10. The first-order valence-electron chi connectivity index (χ1n) is 7.81. The molecular weight excluding hydrogens is 248 g/mol. The average Bonchev–Trinajstić information content (AvgIpc) is 2.46. The van der Waals surface area contributed by atoms with E-state index in [-0.39, 0.29) is 5.92 Å². The van der Waals surface area contributed by atoms with Crippen molar-refractivity contribution in [2.45, 2.75) is 52.0 Å². The van der Waals surface area contributed by atoms with Crippen molar-refractivity contribution in [3.8, 4) is 0 Å². The Labute approximate surface area is 122 Å². The van der Waals surface area contributed by atoms with E-state index in [1.807, 2.05) is 17.0 Å². The van der Waals surface area contributed by atoms with Gasteiger partial charge in [0, 0.05) is 24.8 Å². The monoisotopic (exact) mass is 274 g/mol. The summed E-state index contributed by atoms with van der Waals surface area (Å²) in [6, 6.07) is 8.57. The van der Waals surface area contributed by atoms with Gasteiger partial charge in [0.25, 0.3) is 0 Å². The van der Waals surface area contributed by atoms with Crippen LogP contribution in [-0.2, 0) is 4.79 Å². The van der Waals surface area contributed by atoms with E-state index in [1.165, 1.54) is 0 Å². The van der Waals surface area contributed by atoms with Crippen LogP contribution >= 0.6 is 0 Å². The van der Waals surface area contributed by atoms with Gasteiger partial charge in [-0.05, 0) is 38.3 Å². The summed E-state index contributed by atoms with van der Waals surface area (Å²) in [5.41, 5.74) is 2.28. The van der Waals surface area contributed by atoms with Crippen LogP contribution in [0.1, 0.15) is 51.5 Å². The zero-order chi connectivity index (χ0) is 14.5. The number of anilines is 1. The van der Waals surface area contributed by atoms with Crippen molar-refractivity contribution in [2.24, 2.45) is 0 Å². The van der Waals surface area contributed by atoms with Crippen molar-refractivity contribution < 1.29 is 4.79 Å². The van der Waals surface area contributed by atoms with Crippen molar-refractivity contribution in [1.29, 1.82) is 0 Å². The molecule has 110 valence electrons. The maximum absolute atomic E-state index is 12.8. The summed E-state index contributed by atoms with van der Waals surface area (Å²) in [6.45, 7) is 8.08. The van der Waals surface area contributed by atoms with Gasteiger partial charge in [0.1, 0.15) is 0 Å². The molecule has 1 aromatic carbocycles. The summed E-state index contributed by atoms with van der Waals surface area (Å²) in [5.74, 6) is 0.306. The lowest BCUT2D eigenvalue weighted by atomic mass is 9.86. The van der Waals surface area contributed by atoms with Gasteiger partial charge in [-0.15, -0.1) is 0 Å². The van der Waals surface area contributed by atoms with Crippen molar-refractivity contribution in [3.05, 3.63) is 29.8 Å². The Morgan fingerprint density at radius 1 is 1.35 bits per heavy atom. The van der Waals surface area contributed by atoms with Crippen molar-refractivity contribution in [3.63, 3.8) is 0 Å². The molecule has 1 aliphatic rings. The first-order valence-corrected chi connectivity index (χ1v) is 7.81. The average molecular weight is 274 g/mol. The van der Waals surface area contributed by atoms with Crippen LogP contribution in [-0.4, -0.2) is 29.9 Å². The Bertz CT molecular complexity index is 458. The zero-order valence-electron chi connectivity index (χ0n) is 12.9. The molecule has 1 heterocycles. The third-order valence-corrected chi connectivity index (χ3v) is 4.10. The van der Waals surface area contributed by atoms with Gasteiger partial charge in [-0.1, -0.05) is 31.5 Å². The molecule has 2 atom stereocenters. The SMILES string of the molecule is CCCCN(CC)C(=O)C1CC(C)Nc2ccccc21. The highest BCUT2D eigenvalue weighted by Crippen LogP contribution is 2.35. The summed E-state index contributed by atoms with van der Waals surface area (Å²) in [5, 5.41) is 3.47. The molecule has 0 saturated carbocycles. The molecule has 1 aliphatic heterocycles. The number of likely N-dealkylation sites (N-methyl/N-ethyl adjacent to an activating group) is 1. The number of carbonyl (C=O) groups is 1. The summed E-state index contributed by atoms with van der Waals surface area (Å²) < 4.78 is 0. The van der Waals surface area contributed by atoms with Gasteiger partial charge in [-0.25, -0.2) is 0 Å². The summed E-state index contributed by atoms with van der Waals surface area (Å²) in [6.07, 6.45) is 3.10.